The van der Waals surface area contributed by atoms with Crippen LogP contribution < -0.4 is 14.8 Å². The van der Waals surface area contributed by atoms with Crippen molar-refractivity contribution in [3.05, 3.63) is 22.2 Å². The van der Waals surface area contributed by atoms with Gasteiger partial charge in [0.2, 0.25) is 5.91 Å². The fourth-order valence-corrected chi connectivity index (χ4v) is 3.38. The lowest BCUT2D eigenvalue weighted by Gasteiger charge is -2.21. The number of ether oxygens (including phenoxy) is 2. The van der Waals surface area contributed by atoms with E-state index in [-0.39, 0.29) is 5.91 Å². The molecule has 0 radical (unpaired) electrons. The largest absolute Gasteiger partial charge is 0.493 e. The molecule has 0 bridgehead atoms. The number of carbonyl (C=O) groups is 1. The number of hydrogen-bond donors (Lipinski definition) is 1. The van der Waals surface area contributed by atoms with Crippen LogP contribution in [0.3, 0.4) is 0 Å². The van der Waals surface area contributed by atoms with Crippen molar-refractivity contribution in [1.82, 2.24) is 5.32 Å². The molecule has 1 amide bonds. The zero-order valence-corrected chi connectivity index (χ0v) is 14.9. The van der Waals surface area contributed by atoms with Gasteiger partial charge in [0.25, 0.3) is 0 Å². The number of nitrogens with one attached hydrogen (secondary N) is 1. The Kier molecular flexibility index (Phi) is 6.55. The first kappa shape index (κ1) is 17.1. The summed E-state index contributed by atoms with van der Waals surface area (Å²) < 4.78 is 11.4. The van der Waals surface area contributed by atoms with Gasteiger partial charge in [0.1, 0.15) is 0 Å². The Morgan fingerprint density at radius 1 is 1.18 bits per heavy atom. The van der Waals surface area contributed by atoms with Crippen molar-refractivity contribution in [3.8, 4) is 11.5 Å². The van der Waals surface area contributed by atoms with Crippen molar-refractivity contribution >= 4 is 21.8 Å². The topological polar surface area (TPSA) is 47.6 Å². The molecular formula is C17H24BrNO3. The minimum Gasteiger partial charge on any atom is -0.493 e. The van der Waals surface area contributed by atoms with Crippen LogP contribution in [-0.2, 0) is 11.2 Å². The van der Waals surface area contributed by atoms with E-state index in [1.54, 1.807) is 14.2 Å². The smallest absolute Gasteiger partial charge is 0.224 e. The van der Waals surface area contributed by atoms with E-state index in [9.17, 15) is 4.79 Å². The molecule has 1 aromatic carbocycles. The molecule has 0 aromatic heterocycles. The maximum Gasteiger partial charge on any atom is 0.224 e. The van der Waals surface area contributed by atoms with Crippen molar-refractivity contribution in [3.63, 3.8) is 0 Å². The van der Waals surface area contributed by atoms with Gasteiger partial charge in [0, 0.05) is 11.0 Å². The summed E-state index contributed by atoms with van der Waals surface area (Å²) >= 11 is 3.49. The van der Waals surface area contributed by atoms with Crippen LogP contribution in [0, 0.1) is 5.92 Å². The second-order valence-electron chi connectivity index (χ2n) is 5.78. The van der Waals surface area contributed by atoms with E-state index < -0.39 is 0 Å². The van der Waals surface area contributed by atoms with Gasteiger partial charge < -0.3 is 14.8 Å². The van der Waals surface area contributed by atoms with E-state index in [0.717, 1.165) is 16.6 Å². The lowest BCUT2D eigenvalue weighted by molar-refractivity contribution is -0.120. The zero-order chi connectivity index (χ0) is 15.9. The number of rotatable bonds is 6. The highest BCUT2D eigenvalue weighted by molar-refractivity contribution is 9.10. The molecule has 0 atom stereocenters. The Bertz CT molecular complexity index is 513. The average molecular weight is 370 g/mol. The third-order valence-corrected chi connectivity index (χ3v) is 4.95. The Morgan fingerprint density at radius 2 is 1.82 bits per heavy atom. The maximum absolute atomic E-state index is 12.2. The van der Waals surface area contributed by atoms with E-state index in [4.69, 9.17) is 9.47 Å². The lowest BCUT2D eigenvalue weighted by atomic mass is 9.89. The summed E-state index contributed by atoms with van der Waals surface area (Å²) in [5, 5.41) is 3.06. The third kappa shape index (κ3) is 4.63. The minimum absolute atomic E-state index is 0.0542. The van der Waals surface area contributed by atoms with Crippen molar-refractivity contribution in [1.29, 1.82) is 0 Å². The molecule has 2 rings (SSSR count). The molecule has 1 aromatic rings. The molecular weight excluding hydrogens is 346 g/mol. The molecule has 0 spiro atoms. The monoisotopic (exact) mass is 369 g/mol. The predicted molar refractivity (Wildman–Crippen MR) is 90.5 cm³/mol. The first-order valence-electron chi connectivity index (χ1n) is 7.81. The molecule has 22 heavy (non-hydrogen) atoms. The summed E-state index contributed by atoms with van der Waals surface area (Å²) in [7, 11) is 3.19. The number of methoxy groups -OCH3 is 2. The van der Waals surface area contributed by atoms with Crippen LogP contribution >= 0.6 is 15.9 Å². The van der Waals surface area contributed by atoms with Crippen molar-refractivity contribution < 1.29 is 14.3 Å². The Balaban J connectivity index is 1.93. The maximum atomic E-state index is 12.2. The first-order valence-corrected chi connectivity index (χ1v) is 8.60. The second-order valence-corrected chi connectivity index (χ2v) is 6.64. The summed E-state index contributed by atoms with van der Waals surface area (Å²) in [4.78, 5) is 12.2. The fourth-order valence-electron chi connectivity index (χ4n) is 2.92. The van der Waals surface area contributed by atoms with E-state index in [1.807, 2.05) is 12.1 Å². The van der Waals surface area contributed by atoms with Crippen molar-refractivity contribution in [2.45, 2.75) is 38.5 Å². The number of halogens is 1. The highest BCUT2D eigenvalue weighted by Gasteiger charge is 2.16. The summed E-state index contributed by atoms with van der Waals surface area (Å²) in [6, 6.07) is 3.69. The van der Waals surface area contributed by atoms with Crippen LogP contribution in [0.2, 0.25) is 0 Å². The van der Waals surface area contributed by atoms with Gasteiger partial charge >= 0.3 is 0 Å². The van der Waals surface area contributed by atoms with Gasteiger partial charge in [0.05, 0.1) is 20.6 Å². The molecule has 122 valence electrons. The molecule has 0 saturated heterocycles. The van der Waals surface area contributed by atoms with Crippen molar-refractivity contribution in [2.24, 2.45) is 5.92 Å². The molecule has 4 nitrogen and oxygen atoms in total. The molecule has 1 aliphatic rings. The zero-order valence-electron chi connectivity index (χ0n) is 13.3. The Labute approximate surface area is 140 Å². The molecule has 1 aliphatic carbocycles. The Morgan fingerprint density at radius 3 is 2.45 bits per heavy atom. The van der Waals surface area contributed by atoms with E-state index >= 15 is 0 Å². The number of hydrogen-bond acceptors (Lipinski definition) is 3. The predicted octanol–water partition coefficient (Wildman–Crippen LogP) is 3.71. The van der Waals surface area contributed by atoms with Crippen LogP contribution in [0.25, 0.3) is 0 Å². The number of amides is 1. The van der Waals surface area contributed by atoms with Gasteiger partial charge in [0.15, 0.2) is 11.5 Å². The molecule has 1 N–H and O–H groups in total. The van der Waals surface area contributed by atoms with Gasteiger partial charge in [-0.3, -0.25) is 4.79 Å². The van der Waals surface area contributed by atoms with Crippen LogP contribution in [0.15, 0.2) is 16.6 Å². The van der Waals surface area contributed by atoms with E-state index in [0.29, 0.717) is 23.8 Å². The molecule has 1 saturated carbocycles. The van der Waals surface area contributed by atoms with Gasteiger partial charge in [-0.1, -0.05) is 35.2 Å². The van der Waals surface area contributed by atoms with Crippen LogP contribution in [0.1, 0.15) is 37.7 Å². The highest BCUT2D eigenvalue weighted by atomic mass is 79.9. The van der Waals surface area contributed by atoms with Gasteiger partial charge in [-0.25, -0.2) is 0 Å². The summed E-state index contributed by atoms with van der Waals surface area (Å²) in [6.07, 6.45) is 6.74. The minimum atomic E-state index is 0.0542. The quantitative estimate of drug-likeness (QED) is 0.831. The van der Waals surface area contributed by atoms with Crippen LogP contribution in [0.4, 0.5) is 0 Å². The van der Waals surface area contributed by atoms with Crippen molar-refractivity contribution in [2.75, 3.05) is 20.8 Å². The lowest BCUT2D eigenvalue weighted by Crippen LogP contribution is -2.31. The summed E-state index contributed by atoms with van der Waals surface area (Å²) in [5.41, 5.74) is 0.902. The molecule has 0 aliphatic heterocycles. The van der Waals surface area contributed by atoms with Gasteiger partial charge in [-0.15, -0.1) is 0 Å². The first-order chi connectivity index (χ1) is 10.6. The molecule has 1 fully saturated rings. The van der Waals surface area contributed by atoms with Crippen LogP contribution in [-0.4, -0.2) is 26.7 Å². The summed E-state index contributed by atoms with van der Waals surface area (Å²) in [5.74, 6) is 1.99. The fraction of sp³-hybridized carbons (Fsp3) is 0.588. The summed E-state index contributed by atoms with van der Waals surface area (Å²) in [6.45, 7) is 0.795. The second kappa shape index (κ2) is 8.42. The van der Waals surface area contributed by atoms with E-state index in [1.165, 1.54) is 32.1 Å². The van der Waals surface area contributed by atoms with Gasteiger partial charge in [-0.2, -0.15) is 0 Å². The van der Waals surface area contributed by atoms with Crippen LogP contribution in [0.5, 0.6) is 11.5 Å². The number of carbonyl (C=O) groups excluding carboxylic acids is 1. The van der Waals surface area contributed by atoms with E-state index in [2.05, 4.69) is 21.2 Å². The normalized spacial score (nSPS) is 15.4. The molecule has 5 heteroatoms. The average Bonchev–Trinajstić information content (AvgIpc) is 2.55. The molecule has 0 unspecified atom stereocenters. The molecule has 0 heterocycles. The standard InChI is InChI=1S/C17H24BrNO3/c1-21-15-8-13(14(18)10-16(15)22-2)9-17(20)19-11-12-6-4-3-5-7-12/h8,10,12H,3-7,9,11H2,1-2H3,(H,19,20). The third-order valence-electron chi connectivity index (χ3n) is 4.22. The van der Waals surface area contributed by atoms with Gasteiger partial charge in [-0.05, 0) is 36.5 Å². The highest BCUT2D eigenvalue weighted by Crippen LogP contribution is 2.33. The number of benzene rings is 1. The Hall–Kier alpha value is -1.23. The SMILES string of the molecule is COc1cc(Br)c(CC(=O)NCC2CCCCC2)cc1OC.